The lowest BCUT2D eigenvalue weighted by Crippen LogP contribution is -2.43. The molecule has 4 aromatic heterocycles. The van der Waals surface area contributed by atoms with Gasteiger partial charge in [0, 0.05) is 30.7 Å². The summed E-state index contributed by atoms with van der Waals surface area (Å²) in [6.45, 7) is 7.82. The first-order valence-corrected chi connectivity index (χ1v) is 13.2. The zero-order chi connectivity index (χ0) is 27.3. The number of fused-ring (bicyclic) bond motifs is 5. The highest BCUT2D eigenvalue weighted by Crippen LogP contribution is 2.37. The fraction of sp³-hybridized carbons (Fsp3) is 0.481. The molecule has 6 rings (SSSR count). The molecule has 2 bridgehead atoms. The molecule has 206 valence electrons. The largest absolute Gasteiger partial charge is 0.476 e. The van der Waals surface area contributed by atoms with Crippen LogP contribution in [0, 0.1) is 6.92 Å². The molecule has 39 heavy (non-hydrogen) atoms. The maximum absolute atomic E-state index is 10.0. The van der Waals surface area contributed by atoms with Crippen molar-refractivity contribution < 1.29 is 19.3 Å². The van der Waals surface area contributed by atoms with Crippen molar-refractivity contribution in [3.63, 3.8) is 0 Å². The van der Waals surface area contributed by atoms with Gasteiger partial charge in [-0.25, -0.2) is 9.67 Å². The van der Waals surface area contributed by atoms with Crippen LogP contribution < -0.4 is 9.47 Å². The predicted octanol–water partition coefficient (Wildman–Crippen LogP) is 2.58. The average molecular weight is 535 g/mol. The minimum Gasteiger partial charge on any atom is -0.476 e. The van der Waals surface area contributed by atoms with Gasteiger partial charge in [-0.3, -0.25) is 14.7 Å². The highest BCUT2D eigenvalue weighted by Gasteiger charge is 2.36. The van der Waals surface area contributed by atoms with Gasteiger partial charge < -0.3 is 19.3 Å². The van der Waals surface area contributed by atoms with Crippen molar-refractivity contribution >= 4 is 23.2 Å². The fourth-order valence-corrected chi connectivity index (χ4v) is 5.47. The van der Waals surface area contributed by atoms with Gasteiger partial charge in [-0.1, -0.05) is 0 Å². The van der Waals surface area contributed by atoms with E-state index in [0.29, 0.717) is 43.8 Å². The summed E-state index contributed by atoms with van der Waals surface area (Å²) in [5.41, 5.74) is 5.87. The Morgan fingerprint density at radius 2 is 2.08 bits per heavy atom. The van der Waals surface area contributed by atoms with Crippen LogP contribution in [-0.2, 0) is 18.3 Å². The lowest BCUT2D eigenvalue weighted by molar-refractivity contribution is 0.102. The second-order valence-electron chi connectivity index (χ2n) is 10.2. The van der Waals surface area contributed by atoms with Crippen molar-refractivity contribution in [2.24, 2.45) is 7.05 Å². The Labute approximate surface area is 226 Å². The molecular formula is C27H34N8O4. The Morgan fingerprint density at radius 3 is 2.87 bits per heavy atom. The monoisotopic (exact) mass is 534 g/mol. The minimum atomic E-state index is -0.233. The molecule has 0 radical (unpaired) electrons. The first kappa shape index (κ1) is 25.5. The van der Waals surface area contributed by atoms with Crippen molar-refractivity contribution in [3.05, 3.63) is 34.9 Å². The number of ether oxygens (including phenoxy) is 3. The van der Waals surface area contributed by atoms with Gasteiger partial charge in [-0.15, -0.1) is 5.10 Å². The predicted molar refractivity (Wildman–Crippen MR) is 145 cm³/mol. The number of hydrogen-bond donors (Lipinski definition) is 2. The molecule has 0 amide bonds. The number of aromatic amines is 1. The van der Waals surface area contributed by atoms with Crippen molar-refractivity contribution in [1.82, 2.24) is 39.6 Å². The third kappa shape index (κ3) is 4.38. The number of H-pyrrole nitrogens is 1. The van der Waals surface area contributed by atoms with Gasteiger partial charge in [-0.2, -0.15) is 10.2 Å². The van der Waals surface area contributed by atoms with Crippen LogP contribution in [0.2, 0.25) is 0 Å². The van der Waals surface area contributed by atoms with Gasteiger partial charge >= 0.3 is 0 Å². The number of aryl methyl sites for hydroxylation is 2. The highest BCUT2D eigenvalue weighted by molar-refractivity contribution is 5.91. The zero-order valence-electron chi connectivity index (χ0n) is 22.9. The van der Waals surface area contributed by atoms with E-state index in [2.05, 4.69) is 38.3 Å². The van der Waals surface area contributed by atoms with Gasteiger partial charge in [0.1, 0.15) is 6.10 Å². The molecule has 6 heterocycles. The van der Waals surface area contributed by atoms with Crippen LogP contribution >= 0.6 is 0 Å². The van der Waals surface area contributed by atoms with E-state index in [1.165, 1.54) is 0 Å². The van der Waals surface area contributed by atoms with Crippen LogP contribution in [0.3, 0.4) is 0 Å². The molecule has 12 heteroatoms. The van der Waals surface area contributed by atoms with Crippen LogP contribution in [0.15, 0.2) is 12.3 Å². The number of nitrogens with one attached hydrogen (secondary N) is 1. The molecule has 2 aliphatic rings. The summed E-state index contributed by atoms with van der Waals surface area (Å²) < 4.78 is 22.2. The molecule has 1 saturated heterocycles. The van der Waals surface area contributed by atoms with E-state index in [-0.39, 0.29) is 24.8 Å². The highest BCUT2D eigenvalue weighted by atomic mass is 16.6. The molecule has 3 atom stereocenters. The molecule has 2 N–H and O–H groups in total. The number of aliphatic hydroxyl groups is 1. The fourth-order valence-electron chi connectivity index (χ4n) is 5.47. The molecule has 0 aliphatic carbocycles. The van der Waals surface area contributed by atoms with E-state index in [1.54, 1.807) is 4.68 Å². The summed E-state index contributed by atoms with van der Waals surface area (Å²) in [6.07, 6.45) is 5.58. The van der Waals surface area contributed by atoms with Gasteiger partial charge in [0.15, 0.2) is 5.65 Å². The van der Waals surface area contributed by atoms with Crippen LogP contribution in [0.1, 0.15) is 42.5 Å². The summed E-state index contributed by atoms with van der Waals surface area (Å²) in [7, 11) is 3.95. The molecule has 1 fully saturated rings. The van der Waals surface area contributed by atoms with Crippen LogP contribution in [0.4, 0.5) is 0 Å². The quantitative estimate of drug-likeness (QED) is 0.406. The Morgan fingerprint density at radius 1 is 1.23 bits per heavy atom. The number of hydrogen-bond acceptors (Lipinski definition) is 9. The van der Waals surface area contributed by atoms with Crippen molar-refractivity contribution in [3.8, 4) is 22.9 Å². The third-order valence-electron chi connectivity index (χ3n) is 7.52. The average Bonchev–Trinajstić information content (AvgIpc) is 3.68. The summed E-state index contributed by atoms with van der Waals surface area (Å²) in [5, 5.41) is 27.9. The van der Waals surface area contributed by atoms with E-state index >= 15 is 0 Å². The number of rotatable bonds is 4. The van der Waals surface area contributed by atoms with E-state index in [1.807, 2.05) is 50.8 Å². The Hall–Kier alpha value is -3.74. The summed E-state index contributed by atoms with van der Waals surface area (Å²) in [5.74, 6) is 1.20. The second kappa shape index (κ2) is 10.1. The first-order valence-electron chi connectivity index (χ1n) is 13.2. The molecule has 2 aliphatic heterocycles. The molecule has 4 aromatic rings. The van der Waals surface area contributed by atoms with Gasteiger partial charge in [0.25, 0.3) is 0 Å². The summed E-state index contributed by atoms with van der Waals surface area (Å²) in [4.78, 5) is 6.85. The van der Waals surface area contributed by atoms with E-state index in [0.717, 1.165) is 39.2 Å². The minimum absolute atomic E-state index is 0.0177. The molecule has 0 aromatic carbocycles. The molecule has 0 unspecified atom stereocenters. The maximum Gasteiger partial charge on any atom is 0.240 e. The Bertz CT molecular complexity index is 1540. The zero-order valence-corrected chi connectivity index (χ0v) is 22.9. The van der Waals surface area contributed by atoms with Crippen molar-refractivity contribution in [1.29, 1.82) is 0 Å². The molecule has 0 spiro atoms. The lowest BCUT2D eigenvalue weighted by Gasteiger charge is -2.29. The Kier molecular flexibility index (Phi) is 6.61. The van der Waals surface area contributed by atoms with Crippen molar-refractivity contribution in [2.75, 3.05) is 33.5 Å². The van der Waals surface area contributed by atoms with E-state index in [4.69, 9.17) is 19.3 Å². The summed E-state index contributed by atoms with van der Waals surface area (Å²) >= 11 is 0. The first-order chi connectivity index (χ1) is 18.9. The number of pyridine rings is 1. The lowest BCUT2D eigenvalue weighted by atomic mass is 10.1. The second-order valence-corrected chi connectivity index (χ2v) is 10.2. The van der Waals surface area contributed by atoms with Gasteiger partial charge in [-0.05, 0) is 46.0 Å². The Balaban J connectivity index is 1.57. The van der Waals surface area contributed by atoms with Crippen LogP contribution in [-0.4, -0.2) is 90.4 Å². The normalized spacial score (nSPS) is 21.1. The van der Waals surface area contributed by atoms with Gasteiger partial charge in [0.05, 0.1) is 66.7 Å². The topological polar surface area (TPSA) is 128 Å². The SMILES string of the molecule is CCOc1nn([C@@H](C)CO)c2c1/C=C/c1[nH]nc3ncc(cc13)-c1c(C)nn(C)c1O[C@H]1COC[C@@H]1N(C)C2. The summed E-state index contributed by atoms with van der Waals surface area (Å²) in [6, 6.07) is 1.82. The van der Waals surface area contributed by atoms with Crippen LogP contribution in [0.25, 0.3) is 34.3 Å². The standard InChI is InChI=1S/C27H34N8O4/c1-6-38-26-18-7-8-20-19-9-17(10-28-25(19)30-29-20)24-16(3)31-34(5)27(24)39-23-14-37-13-22(23)33(4)11-21(18)35(32-26)15(2)12-36/h7-10,15,22-23,36H,6,11-14H2,1-5H3,(H,28,29,30)/b8-7+/t15-,22-,23-/m0/s1. The smallest absolute Gasteiger partial charge is 0.240 e. The maximum atomic E-state index is 10.0. The van der Waals surface area contributed by atoms with Crippen LogP contribution in [0.5, 0.6) is 11.8 Å². The number of aliphatic hydroxyl groups excluding tert-OH is 1. The number of nitrogens with zero attached hydrogens (tertiary/aromatic N) is 7. The third-order valence-corrected chi connectivity index (χ3v) is 7.52. The number of aromatic nitrogens is 7. The van der Waals surface area contributed by atoms with Gasteiger partial charge in [0.2, 0.25) is 11.8 Å². The van der Waals surface area contributed by atoms with E-state index in [9.17, 15) is 5.11 Å². The molecule has 0 saturated carbocycles. The molecule has 12 nitrogen and oxygen atoms in total. The van der Waals surface area contributed by atoms with E-state index < -0.39 is 0 Å². The van der Waals surface area contributed by atoms with Crippen molar-refractivity contribution in [2.45, 2.75) is 45.5 Å². The molecular weight excluding hydrogens is 500 g/mol. The number of likely N-dealkylation sites (N-methyl/N-ethyl adjacent to an activating group) is 1.